The molecule has 0 aliphatic carbocycles. The molecule has 4 aromatic heterocycles. The highest BCUT2D eigenvalue weighted by Crippen LogP contribution is 2.46. The SMILES string of the molecule is CC(C)(C)c1cc(-n2nc3ccccc3n2)c(O)c(C(C)(C)C)c1.CC(C)(c1ccccc1)c1cc(-n2nc3ccccc3n2)c(O)c(C(C)(C)c2ccccc2)c1.COC(=O)CCc1cc(-n2nc3ccccc3n2)c(O)c(C(C)(C)C)c1.Cc1cc(-n2nc3ccc(Cl)cc3n2)c(O)c(C(C)(C)C)c1. The van der Waals surface area contributed by atoms with Crippen LogP contribution in [0.1, 0.15) is 173 Å². The van der Waals surface area contributed by atoms with Crippen molar-refractivity contribution in [3.05, 3.63) is 261 Å². The van der Waals surface area contributed by atoms with Crippen LogP contribution in [0.4, 0.5) is 0 Å². The number of hydrogen-bond donors (Lipinski definition) is 4. The van der Waals surface area contributed by atoms with Crippen molar-refractivity contribution in [2.24, 2.45) is 0 Å². The minimum atomic E-state index is -0.435. The molecule has 546 valence electrons. The molecule has 0 saturated carbocycles. The Balaban J connectivity index is 0.000000143. The van der Waals surface area contributed by atoms with Crippen LogP contribution in [0.3, 0.4) is 0 Å². The number of esters is 1. The molecule has 19 heteroatoms. The Morgan fingerprint density at radius 2 is 0.679 bits per heavy atom. The number of aryl methyl sites for hydroxylation is 2. The fraction of sp³-hybridized carbons (Fsp3) is 0.299. The number of ether oxygens (including phenoxy) is 1. The molecule has 0 radical (unpaired) electrons. The number of phenols is 4. The van der Waals surface area contributed by atoms with E-state index in [2.05, 4.69) is 179 Å². The summed E-state index contributed by atoms with van der Waals surface area (Å²) in [5.41, 5.74) is 17.1. The molecular weight excluding hydrogens is 1340 g/mol. The Kier molecular flexibility index (Phi) is 21.3. The highest BCUT2D eigenvalue weighted by atomic mass is 35.5. The van der Waals surface area contributed by atoms with Gasteiger partial charge >= 0.3 is 5.97 Å². The van der Waals surface area contributed by atoms with Gasteiger partial charge in [0.25, 0.3) is 0 Å². The van der Waals surface area contributed by atoms with Gasteiger partial charge in [0.05, 0.1) is 7.11 Å². The zero-order chi connectivity index (χ0) is 76.6. The number of nitrogens with zero attached hydrogens (tertiary/aromatic N) is 12. The normalized spacial score (nSPS) is 12.2. The molecule has 14 rings (SSSR count). The molecule has 0 atom stereocenters. The number of fused-ring (bicyclic) bond motifs is 4. The zero-order valence-electron chi connectivity index (χ0n) is 63.8. The summed E-state index contributed by atoms with van der Waals surface area (Å²) in [6, 6.07) is 65.0. The summed E-state index contributed by atoms with van der Waals surface area (Å²) >= 11 is 5.99. The van der Waals surface area contributed by atoms with Gasteiger partial charge in [-0.05, 0) is 147 Å². The highest BCUT2D eigenvalue weighted by molar-refractivity contribution is 6.31. The summed E-state index contributed by atoms with van der Waals surface area (Å²) < 4.78 is 4.73. The van der Waals surface area contributed by atoms with E-state index in [-0.39, 0.29) is 62.5 Å². The largest absolute Gasteiger partial charge is 0.505 e. The molecule has 0 aliphatic rings. The van der Waals surface area contributed by atoms with E-state index in [1.807, 2.05) is 167 Å². The van der Waals surface area contributed by atoms with Gasteiger partial charge in [0, 0.05) is 44.5 Å². The summed E-state index contributed by atoms with van der Waals surface area (Å²) in [6.07, 6.45) is 0.794. The van der Waals surface area contributed by atoms with E-state index in [1.165, 1.54) is 22.3 Å². The van der Waals surface area contributed by atoms with Crippen LogP contribution in [-0.2, 0) is 48.4 Å². The molecule has 106 heavy (non-hydrogen) atoms. The number of hydrogen-bond acceptors (Lipinski definition) is 14. The van der Waals surface area contributed by atoms with Gasteiger partial charge in [-0.3, -0.25) is 4.79 Å². The molecule has 18 nitrogen and oxygen atoms in total. The molecule has 0 fully saturated rings. The third-order valence-corrected chi connectivity index (χ3v) is 19.4. The summed E-state index contributed by atoms with van der Waals surface area (Å²) in [6.45, 7) is 35.8. The smallest absolute Gasteiger partial charge is 0.305 e. The molecular formula is C87H95ClN12O6. The maximum absolute atomic E-state index is 11.6. The number of halogens is 1. The maximum atomic E-state index is 11.6. The Morgan fingerprint density at radius 3 is 1.08 bits per heavy atom. The second-order valence-corrected chi connectivity index (χ2v) is 32.5. The minimum Gasteiger partial charge on any atom is -0.505 e. The van der Waals surface area contributed by atoms with Crippen molar-refractivity contribution in [3.8, 4) is 45.7 Å². The van der Waals surface area contributed by atoms with Crippen LogP contribution in [0.2, 0.25) is 5.02 Å². The number of rotatable bonds is 11. The number of phenolic OH excluding ortho intramolecular Hbond substituents is 4. The van der Waals surface area contributed by atoms with Crippen LogP contribution in [0.15, 0.2) is 200 Å². The van der Waals surface area contributed by atoms with Crippen molar-refractivity contribution in [2.45, 2.75) is 163 Å². The lowest BCUT2D eigenvalue weighted by Gasteiger charge is -2.32. The van der Waals surface area contributed by atoms with E-state index < -0.39 is 5.41 Å². The maximum Gasteiger partial charge on any atom is 0.305 e. The Hall–Kier alpha value is -11.2. The van der Waals surface area contributed by atoms with Gasteiger partial charge in [0.1, 0.15) is 89.9 Å². The van der Waals surface area contributed by atoms with E-state index in [1.54, 1.807) is 21.7 Å². The molecule has 0 bridgehead atoms. The minimum absolute atomic E-state index is 0.0327. The predicted octanol–water partition coefficient (Wildman–Crippen LogP) is 19.4. The lowest BCUT2D eigenvalue weighted by molar-refractivity contribution is -0.140. The van der Waals surface area contributed by atoms with E-state index in [0.717, 1.165) is 88.7 Å². The van der Waals surface area contributed by atoms with Crippen LogP contribution in [0.25, 0.3) is 66.9 Å². The summed E-state index contributed by atoms with van der Waals surface area (Å²) in [5.74, 6) is 0.543. The second-order valence-electron chi connectivity index (χ2n) is 32.1. The van der Waals surface area contributed by atoms with Gasteiger partial charge in [-0.2, -0.15) is 0 Å². The van der Waals surface area contributed by atoms with Gasteiger partial charge in [-0.1, -0.05) is 244 Å². The number of carbonyl (C=O) groups excluding carboxylic acids is 1. The number of benzene rings is 10. The van der Waals surface area contributed by atoms with E-state index >= 15 is 0 Å². The van der Waals surface area contributed by atoms with Gasteiger partial charge in [0.2, 0.25) is 0 Å². The monoisotopic (exact) mass is 1440 g/mol. The molecule has 4 heterocycles. The van der Waals surface area contributed by atoms with Crippen LogP contribution in [0.5, 0.6) is 23.0 Å². The first-order valence-corrected chi connectivity index (χ1v) is 35.9. The van der Waals surface area contributed by atoms with Crippen LogP contribution in [-0.4, -0.2) is 93.5 Å². The topological polar surface area (TPSA) is 230 Å². The van der Waals surface area contributed by atoms with Crippen LogP contribution < -0.4 is 0 Å². The van der Waals surface area contributed by atoms with E-state index in [0.29, 0.717) is 39.7 Å². The van der Waals surface area contributed by atoms with Crippen LogP contribution in [0, 0.1) is 6.92 Å². The van der Waals surface area contributed by atoms with E-state index in [9.17, 15) is 25.2 Å². The third kappa shape index (κ3) is 16.5. The fourth-order valence-corrected chi connectivity index (χ4v) is 12.9. The van der Waals surface area contributed by atoms with Gasteiger partial charge in [-0.25, -0.2) is 0 Å². The van der Waals surface area contributed by atoms with Crippen molar-refractivity contribution in [3.63, 3.8) is 0 Å². The van der Waals surface area contributed by atoms with Crippen molar-refractivity contribution >= 4 is 61.7 Å². The van der Waals surface area contributed by atoms with Gasteiger partial charge in [0.15, 0.2) is 0 Å². The lowest BCUT2D eigenvalue weighted by Crippen LogP contribution is -2.24. The molecule has 0 spiro atoms. The number of aromatic nitrogens is 12. The van der Waals surface area contributed by atoms with Gasteiger partial charge < -0.3 is 25.2 Å². The fourth-order valence-electron chi connectivity index (χ4n) is 12.7. The lowest BCUT2D eigenvalue weighted by atomic mass is 9.72. The molecule has 0 aliphatic heterocycles. The number of aromatic hydroxyl groups is 4. The molecule has 4 N–H and O–H groups in total. The van der Waals surface area contributed by atoms with Crippen molar-refractivity contribution in [1.82, 2.24) is 60.0 Å². The first-order valence-electron chi connectivity index (χ1n) is 35.6. The first-order chi connectivity index (χ1) is 49.9. The third-order valence-electron chi connectivity index (χ3n) is 19.1. The zero-order valence-corrected chi connectivity index (χ0v) is 64.6. The van der Waals surface area contributed by atoms with Crippen molar-refractivity contribution in [1.29, 1.82) is 0 Å². The van der Waals surface area contributed by atoms with E-state index in [4.69, 9.17) is 16.3 Å². The summed E-state index contributed by atoms with van der Waals surface area (Å²) in [5, 5.41) is 80.9. The van der Waals surface area contributed by atoms with Crippen molar-refractivity contribution in [2.75, 3.05) is 7.11 Å². The average Bonchev–Trinajstić information content (AvgIpc) is 0.917. The van der Waals surface area contributed by atoms with Crippen molar-refractivity contribution < 1.29 is 30.0 Å². The molecule has 10 aromatic carbocycles. The number of carbonyl (C=O) groups is 1. The van der Waals surface area contributed by atoms with Gasteiger partial charge in [-0.15, -0.1) is 60.0 Å². The number of methoxy groups -OCH3 is 1. The predicted molar refractivity (Wildman–Crippen MR) is 424 cm³/mol. The Bertz CT molecular complexity index is 5410. The molecule has 14 aromatic rings. The molecule has 0 amide bonds. The second kappa shape index (κ2) is 29.7. The standard InChI is InChI=1S/C30H29N3O.C20H23N3O3.C20H25N3O.C17H18ClN3O/c1-29(2,21-13-7-5-8-14-21)23-19-24(30(3,4)22-15-9-6-10-16-22)28(34)27(20-23)33-31-25-17-11-12-18-26(25)32-33;1-20(2,3)14-11-13(9-10-18(24)26-4)12-17(19(14)25)23-21-15-7-5-6-8-16(15)22-23;1-19(2,3)13-11-14(20(4,5)6)18(24)17(12-13)23-21-15-9-7-8-10-16(15)22-23;1-10-7-12(17(2,3)4)16(22)15(8-10)21-19-13-6-5-11(18)9-14(13)20-21/h5-20,34H,1-4H3;5-8,11-12,25H,9-10H2,1-4H3;7-12,24H,1-6H3;5-9,22H,1-4H3. The Morgan fingerprint density at radius 1 is 0.349 bits per heavy atom. The van der Waals surface area contributed by atoms with Crippen LogP contribution >= 0.6 is 11.6 Å². The molecule has 0 unspecified atom stereocenters. The first kappa shape index (κ1) is 75.9. The average molecular weight is 1440 g/mol. The summed E-state index contributed by atoms with van der Waals surface area (Å²) in [4.78, 5) is 17.5. The molecule has 0 saturated heterocycles. The summed E-state index contributed by atoms with van der Waals surface area (Å²) in [7, 11) is 1.38. The highest BCUT2D eigenvalue weighted by Gasteiger charge is 2.34. The Labute approximate surface area is 624 Å². The quantitative estimate of drug-likeness (QED) is 0.0883.